The van der Waals surface area contributed by atoms with Gasteiger partial charge in [-0.15, -0.1) is 11.8 Å². The number of amides is 3. The normalized spacial score (nSPS) is 12.2. The first-order valence-electron chi connectivity index (χ1n) is 7.27. The minimum atomic E-state index is -1.05. The van der Waals surface area contributed by atoms with Crippen molar-refractivity contribution in [3.05, 3.63) is 28.7 Å². The van der Waals surface area contributed by atoms with E-state index in [-0.39, 0.29) is 5.75 Å². The third-order valence-corrected chi connectivity index (χ3v) is 4.09. The van der Waals surface area contributed by atoms with Gasteiger partial charge in [0.25, 0.3) is 5.91 Å². The summed E-state index contributed by atoms with van der Waals surface area (Å²) in [7, 11) is 0. The lowest BCUT2D eigenvalue weighted by Gasteiger charge is -2.21. The van der Waals surface area contributed by atoms with Gasteiger partial charge in [-0.1, -0.05) is 15.9 Å². The zero-order chi connectivity index (χ0) is 18.3. The summed E-state index contributed by atoms with van der Waals surface area (Å²) in [5.41, 5.74) is -0.467. The molecule has 0 aliphatic carbocycles. The van der Waals surface area contributed by atoms with Crippen LogP contribution in [0.1, 0.15) is 27.7 Å². The summed E-state index contributed by atoms with van der Waals surface area (Å²) in [6, 6.07) is 6.86. The Morgan fingerprint density at radius 2 is 1.79 bits per heavy atom. The van der Waals surface area contributed by atoms with Crippen LogP contribution < -0.4 is 10.6 Å². The maximum absolute atomic E-state index is 11.8. The molecule has 1 atom stereocenters. The number of hydrogen-bond donors (Lipinski definition) is 2. The van der Waals surface area contributed by atoms with Gasteiger partial charge in [0.2, 0.25) is 0 Å². The number of ether oxygens (including phenoxy) is 1. The van der Waals surface area contributed by atoms with Crippen molar-refractivity contribution in [2.75, 3.05) is 5.75 Å². The van der Waals surface area contributed by atoms with E-state index >= 15 is 0 Å². The molecule has 3 amide bonds. The maximum atomic E-state index is 11.8. The fourth-order valence-corrected chi connectivity index (χ4v) is 2.49. The molecule has 0 heterocycles. The van der Waals surface area contributed by atoms with E-state index in [1.807, 2.05) is 24.3 Å². The predicted molar refractivity (Wildman–Crippen MR) is 96.8 cm³/mol. The number of carbonyl (C=O) groups is 3. The molecule has 0 aliphatic rings. The monoisotopic (exact) mass is 416 g/mol. The minimum absolute atomic E-state index is 0.0768. The molecule has 8 heteroatoms. The van der Waals surface area contributed by atoms with Crippen LogP contribution in [0.5, 0.6) is 0 Å². The molecule has 1 aromatic carbocycles. The van der Waals surface area contributed by atoms with Crippen molar-refractivity contribution in [1.82, 2.24) is 10.6 Å². The zero-order valence-electron chi connectivity index (χ0n) is 14.0. The predicted octanol–water partition coefficient (Wildman–Crippen LogP) is 3.10. The lowest BCUT2D eigenvalue weighted by atomic mass is 10.1. The van der Waals surface area contributed by atoms with E-state index in [0.29, 0.717) is 0 Å². The summed E-state index contributed by atoms with van der Waals surface area (Å²) >= 11 is 4.64. The first-order valence-corrected chi connectivity index (χ1v) is 9.05. The zero-order valence-corrected chi connectivity index (χ0v) is 16.4. The fraction of sp³-hybridized carbons (Fsp3) is 0.438. The van der Waals surface area contributed by atoms with Gasteiger partial charge in [-0.05, 0) is 52.0 Å². The number of carbonyl (C=O) groups excluding carboxylic acids is 3. The van der Waals surface area contributed by atoms with Crippen molar-refractivity contribution in [3.63, 3.8) is 0 Å². The Bertz CT molecular complexity index is 599. The molecule has 1 aromatic rings. The Hall–Kier alpha value is -1.54. The number of esters is 1. The van der Waals surface area contributed by atoms with Gasteiger partial charge < -0.3 is 10.1 Å². The summed E-state index contributed by atoms with van der Waals surface area (Å²) in [4.78, 5) is 36.1. The van der Waals surface area contributed by atoms with Gasteiger partial charge in [0.05, 0.1) is 5.75 Å². The number of hydrogen-bond acceptors (Lipinski definition) is 5. The molecule has 0 spiro atoms. The van der Waals surface area contributed by atoms with E-state index in [0.717, 1.165) is 9.37 Å². The average molecular weight is 417 g/mol. The highest BCUT2D eigenvalue weighted by Crippen LogP contribution is 2.20. The summed E-state index contributed by atoms with van der Waals surface area (Å²) < 4.78 is 5.98. The van der Waals surface area contributed by atoms with Gasteiger partial charge in [0, 0.05) is 14.9 Å². The Morgan fingerprint density at radius 3 is 2.33 bits per heavy atom. The van der Waals surface area contributed by atoms with Gasteiger partial charge in [-0.3, -0.25) is 14.9 Å². The minimum Gasteiger partial charge on any atom is -0.452 e. The molecule has 0 aliphatic heterocycles. The highest BCUT2D eigenvalue weighted by molar-refractivity contribution is 9.10. The molecule has 0 radical (unpaired) electrons. The summed E-state index contributed by atoms with van der Waals surface area (Å²) in [5.74, 6) is -1.12. The molecule has 0 fully saturated rings. The standard InChI is InChI=1S/C16H21BrN2O4S/c1-10(14(21)18-15(22)19-16(2,3)4)23-13(20)9-24-12-7-5-11(17)6-8-12/h5-8,10H,9H2,1-4H3,(H2,18,19,21,22)/t10-/m1/s1. The molecule has 0 saturated heterocycles. The third-order valence-electron chi connectivity index (χ3n) is 2.57. The van der Waals surface area contributed by atoms with Crippen molar-refractivity contribution in [3.8, 4) is 0 Å². The fourth-order valence-electron chi connectivity index (χ4n) is 1.54. The Labute approximate surface area is 154 Å². The van der Waals surface area contributed by atoms with Gasteiger partial charge in [0.15, 0.2) is 6.10 Å². The van der Waals surface area contributed by atoms with Crippen LogP contribution in [0.25, 0.3) is 0 Å². The quantitative estimate of drug-likeness (QED) is 0.568. The molecule has 0 unspecified atom stereocenters. The smallest absolute Gasteiger partial charge is 0.321 e. The first kappa shape index (κ1) is 20.5. The number of nitrogens with one attached hydrogen (secondary N) is 2. The van der Waals surface area contributed by atoms with E-state index in [2.05, 4.69) is 26.6 Å². The number of urea groups is 1. The topological polar surface area (TPSA) is 84.5 Å². The van der Waals surface area contributed by atoms with Crippen LogP contribution in [0.4, 0.5) is 4.79 Å². The maximum Gasteiger partial charge on any atom is 0.321 e. The molecule has 24 heavy (non-hydrogen) atoms. The van der Waals surface area contributed by atoms with Crippen LogP contribution in [0.3, 0.4) is 0 Å². The average Bonchev–Trinajstić information content (AvgIpc) is 2.44. The molecule has 0 aromatic heterocycles. The highest BCUT2D eigenvalue weighted by atomic mass is 79.9. The Morgan fingerprint density at radius 1 is 1.21 bits per heavy atom. The lowest BCUT2D eigenvalue weighted by molar-refractivity contribution is -0.151. The largest absolute Gasteiger partial charge is 0.452 e. The summed E-state index contributed by atoms with van der Waals surface area (Å²) in [6.07, 6.45) is -1.05. The van der Waals surface area contributed by atoms with Crippen LogP contribution in [0.15, 0.2) is 33.6 Å². The molecule has 2 N–H and O–H groups in total. The molecule has 1 rings (SSSR count). The van der Waals surface area contributed by atoms with Gasteiger partial charge in [0.1, 0.15) is 0 Å². The van der Waals surface area contributed by atoms with Crippen LogP contribution in [0.2, 0.25) is 0 Å². The second kappa shape index (κ2) is 9.08. The lowest BCUT2D eigenvalue weighted by Crippen LogP contribution is -2.50. The van der Waals surface area contributed by atoms with Crippen LogP contribution in [-0.4, -0.2) is 35.3 Å². The van der Waals surface area contributed by atoms with Crippen molar-refractivity contribution in [1.29, 1.82) is 0 Å². The first-order chi connectivity index (χ1) is 11.1. The Kier molecular flexibility index (Phi) is 7.75. The second-order valence-electron chi connectivity index (χ2n) is 6.07. The van der Waals surface area contributed by atoms with Crippen molar-refractivity contribution in [2.45, 2.75) is 44.2 Å². The van der Waals surface area contributed by atoms with E-state index in [1.165, 1.54) is 18.7 Å². The second-order valence-corrected chi connectivity index (χ2v) is 8.03. The highest BCUT2D eigenvalue weighted by Gasteiger charge is 2.22. The van der Waals surface area contributed by atoms with Crippen molar-refractivity contribution in [2.24, 2.45) is 0 Å². The molecular formula is C16H21BrN2O4S. The third kappa shape index (κ3) is 8.35. The summed E-state index contributed by atoms with van der Waals surface area (Å²) in [5, 5.41) is 4.73. The van der Waals surface area contributed by atoms with Crippen molar-refractivity contribution < 1.29 is 19.1 Å². The van der Waals surface area contributed by atoms with Gasteiger partial charge >= 0.3 is 12.0 Å². The molecule has 6 nitrogen and oxygen atoms in total. The van der Waals surface area contributed by atoms with E-state index in [1.54, 1.807) is 20.8 Å². The van der Waals surface area contributed by atoms with E-state index in [4.69, 9.17) is 4.74 Å². The van der Waals surface area contributed by atoms with Gasteiger partial charge in [-0.25, -0.2) is 4.79 Å². The van der Waals surface area contributed by atoms with E-state index < -0.39 is 29.6 Å². The number of halogens is 1. The van der Waals surface area contributed by atoms with Crippen molar-refractivity contribution >= 4 is 45.6 Å². The molecule has 0 bridgehead atoms. The van der Waals surface area contributed by atoms with Crippen LogP contribution >= 0.6 is 27.7 Å². The molecule has 0 saturated carbocycles. The molecular weight excluding hydrogens is 396 g/mol. The number of thioether (sulfide) groups is 1. The summed E-state index contributed by atoms with van der Waals surface area (Å²) in [6.45, 7) is 6.79. The number of benzene rings is 1. The van der Waals surface area contributed by atoms with Crippen LogP contribution in [-0.2, 0) is 14.3 Å². The Balaban J connectivity index is 2.38. The van der Waals surface area contributed by atoms with E-state index in [9.17, 15) is 14.4 Å². The number of rotatable bonds is 5. The number of imide groups is 1. The molecule has 132 valence electrons. The SMILES string of the molecule is C[C@@H](OC(=O)CSc1ccc(Br)cc1)C(=O)NC(=O)NC(C)(C)C. The van der Waals surface area contributed by atoms with Gasteiger partial charge in [-0.2, -0.15) is 0 Å². The van der Waals surface area contributed by atoms with Crippen LogP contribution in [0, 0.1) is 0 Å².